The monoisotopic (exact) mass is 490 g/mol. The molecule has 1 aliphatic carbocycles. The summed E-state index contributed by atoms with van der Waals surface area (Å²) in [5.74, 6) is 3.36. The topological polar surface area (TPSA) is 158 Å². The van der Waals surface area contributed by atoms with Crippen LogP contribution in [0.2, 0.25) is 0 Å². The number of rotatable bonds is 5. The molecule has 34 heavy (non-hydrogen) atoms. The summed E-state index contributed by atoms with van der Waals surface area (Å²) in [7, 11) is -3.48. The zero-order chi connectivity index (χ0) is 23.7. The lowest BCUT2D eigenvalue weighted by atomic mass is 10.2. The largest absolute Gasteiger partial charge is 0.364 e. The maximum absolute atomic E-state index is 12.4. The third-order valence-corrected chi connectivity index (χ3v) is 8.20. The molecule has 5 N–H and O–H groups in total. The van der Waals surface area contributed by atoms with Crippen LogP contribution in [0.5, 0.6) is 0 Å². The number of hydrogen-bond acceptors (Lipinski definition) is 10. The first-order chi connectivity index (χ1) is 16.5. The summed E-state index contributed by atoms with van der Waals surface area (Å²) in [6.45, 7) is 3.91. The highest BCUT2D eigenvalue weighted by atomic mass is 32.2. The fourth-order valence-electron chi connectivity index (χ4n) is 4.92. The standard InChI is InChI=1S/C20H30N10O3S/c1-2-24-34(32,33)29-8-5-14(10-29)26-18-17-19-28-20(27-18)22-7-6-21-16(11-31)25-13-3-4-15(9-13)30(19)12-23-17/h12-15,21,24-25H,2-10H2,1H3,(H2,22,26,27,28)/t13-,14-,15+/m0/s1. The van der Waals surface area contributed by atoms with Crippen LogP contribution in [0.3, 0.4) is 0 Å². The molecule has 3 aliphatic rings. The molecule has 14 heteroatoms. The van der Waals surface area contributed by atoms with Crippen LogP contribution in [0.1, 0.15) is 38.6 Å². The Bertz CT molecular complexity index is 1210. The van der Waals surface area contributed by atoms with E-state index in [1.54, 1.807) is 13.3 Å². The van der Waals surface area contributed by atoms with E-state index in [4.69, 9.17) is 4.98 Å². The first-order valence-corrected chi connectivity index (χ1v) is 13.2. The van der Waals surface area contributed by atoms with Crippen LogP contribution in [0.25, 0.3) is 11.2 Å². The van der Waals surface area contributed by atoms with Gasteiger partial charge in [-0.15, -0.1) is 0 Å². The van der Waals surface area contributed by atoms with Crippen molar-refractivity contribution in [1.82, 2.24) is 39.2 Å². The molecule has 1 saturated heterocycles. The maximum Gasteiger partial charge on any atom is 0.279 e. The lowest BCUT2D eigenvalue weighted by Gasteiger charge is -2.18. The molecular weight excluding hydrogens is 460 g/mol. The average molecular weight is 491 g/mol. The number of fused-ring (bicyclic) bond motifs is 4. The van der Waals surface area contributed by atoms with Crippen LogP contribution in [-0.4, -0.2) is 83.0 Å². The number of aromatic nitrogens is 4. The van der Waals surface area contributed by atoms with E-state index in [2.05, 4.69) is 40.5 Å². The van der Waals surface area contributed by atoms with Gasteiger partial charge in [-0.3, -0.25) is 0 Å². The summed E-state index contributed by atoms with van der Waals surface area (Å²) in [4.78, 5) is 25.3. The van der Waals surface area contributed by atoms with Gasteiger partial charge >= 0.3 is 0 Å². The predicted molar refractivity (Wildman–Crippen MR) is 127 cm³/mol. The molecule has 13 nitrogen and oxygen atoms in total. The van der Waals surface area contributed by atoms with Crippen LogP contribution < -0.4 is 26.0 Å². The first kappa shape index (κ1) is 22.8. The second-order valence-electron chi connectivity index (χ2n) is 8.85. The molecule has 4 bridgehead atoms. The third-order valence-electron chi connectivity index (χ3n) is 6.54. The minimum Gasteiger partial charge on any atom is -0.364 e. The smallest absolute Gasteiger partial charge is 0.279 e. The van der Waals surface area contributed by atoms with Gasteiger partial charge in [0.2, 0.25) is 5.95 Å². The minimum atomic E-state index is -3.48. The van der Waals surface area contributed by atoms with Crippen molar-refractivity contribution in [2.75, 3.05) is 43.4 Å². The molecule has 0 spiro atoms. The molecule has 3 atom stereocenters. The second kappa shape index (κ2) is 9.37. The van der Waals surface area contributed by atoms with Gasteiger partial charge in [0.15, 0.2) is 28.7 Å². The number of carbonyl (C=O) groups excluding carboxylic acids is 1. The van der Waals surface area contributed by atoms with Gasteiger partial charge in [0.25, 0.3) is 10.2 Å². The van der Waals surface area contributed by atoms with Crippen molar-refractivity contribution in [3.8, 4) is 0 Å². The number of anilines is 2. The first-order valence-electron chi connectivity index (χ1n) is 11.7. The molecule has 0 radical (unpaired) electrons. The summed E-state index contributed by atoms with van der Waals surface area (Å²) >= 11 is 0. The van der Waals surface area contributed by atoms with Crippen molar-refractivity contribution in [3.05, 3.63) is 12.1 Å². The lowest BCUT2D eigenvalue weighted by molar-refractivity contribution is 0.464. The number of nitrogens with one attached hydrogen (secondary N) is 5. The molecule has 2 aliphatic heterocycles. The molecule has 0 aromatic carbocycles. The molecule has 0 unspecified atom stereocenters. The van der Waals surface area contributed by atoms with E-state index in [0.717, 1.165) is 24.9 Å². The number of hydrogen-bond donors (Lipinski definition) is 5. The maximum atomic E-state index is 12.4. The van der Waals surface area contributed by atoms with Crippen molar-refractivity contribution in [1.29, 1.82) is 0 Å². The van der Waals surface area contributed by atoms with Crippen LogP contribution in [0, 0.1) is 0 Å². The summed E-state index contributed by atoms with van der Waals surface area (Å²) in [6, 6.07) is 0.273. The summed E-state index contributed by atoms with van der Waals surface area (Å²) < 4.78 is 30.8. The van der Waals surface area contributed by atoms with Crippen molar-refractivity contribution in [3.63, 3.8) is 0 Å². The molecule has 0 amide bonds. The van der Waals surface area contributed by atoms with Gasteiger partial charge in [0, 0.05) is 50.8 Å². The minimum absolute atomic E-state index is 0.0892. The summed E-state index contributed by atoms with van der Waals surface area (Å²) in [5.41, 5.74) is 1.40. The van der Waals surface area contributed by atoms with Crippen LogP contribution in [-0.2, 0) is 15.0 Å². The third kappa shape index (κ3) is 4.53. The molecule has 2 aromatic rings. The number of nitrogens with zero attached hydrogens (tertiary/aromatic N) is 5. The normalized spacial score (nSPS) is 25.6. The van der Waals surface area contributed by atoms with Crippen LogP contribution in [0.15, 0.2) is 12.1 Å². The Balaban J connectivity index is 1.43. The lowest BCUT2D eigenvalue weighted by Crippen LogP contribution is -2.40. The van der Waals surface area contributed by atoms with E-state index in [-0.39, 0.29) is 18.1 Å². The van der Waals surface area contributed by atoms with Gasteiger partial charge in [-0.05, 0) is 25.7 Å². The fourth-order valence-corrected chi connectivity index (χ4v) is 6.19. The van der Waals surface area contributed by atoms with Crippen molar-refractivity contribution < 1.29 is 13.2 Å². The van der Waals surface area contributed by atoms with Crippen molar-refractivity contribution in [2.45, 2.75) is 50.7 Å². The van der Waals surface area contributed by atoms with Crippen LogP contribution in [0.4, 0.5) is 11.8 Å². The fraction of sp³-hybridized carbons (Fsp3) is 0.650. The van der Waals surface area contributed by atoms with Gasteiger partial charge in [-0.1, -0.05) is 6.92 Å². The quantitative estimate of drug-likeness (QED) is 0.347. The Kier molecular flexibility index (Phi) is 6.30. The van der Waals surface area contributed by atoms with Crippen molar-refractivity contribution in [2.24, 2.45) is 0 Å². The predicted octanol–water partition coefficient (Wildman–Crippen LogP) is -0.462. The Hall–Kier alpha value is -2.93. The van der Waals surface area contributed by atoms with E-state index in [1.165, 1.54) is 4.31 Å². The van der Waals surface area contributed by atoms with E-state index >= 15 is 0 Å². The molecular formula is C20H30N10O3S. The average Bonchev–Trinajstić information content (AvgIpc) is 3.55. The highest BCUT2D eigenvalue weighted by Crippen LogP contribution is 2.34. The molecule has 5 rings (SSSR count). The van der Waals surface area contributed by atoms with Crippen molar-refractivity contribution >= 4 is 39.1 Å². The van der Waals surface area contributed by atoms with Gasteiger partial charge < -0.3 is 25.8 Å². The zero-order valence-corrected chi connectivity index (χ0v) is 19.9. The van der Waals surface area contributed by atoms with E-state index in [0.29, 0.717) is 62.2 Å². The SMILES string of the molecule is CCNS(=O)(=O)N1CC[C@H](Nc2nc3nc4c2ncn4[C@@H]2CC[C@@H](C2)NC(=C=O)NCCN3)C1. The molecule has 184 valence electrons. The Morgan fingerprint density at radius 3 is 2.88 bits per heavy atom. The molecule has 4 heterocycles. The van der Waals surface area contributed by atoms with E-state index < -0.39 is 10.2 Å². The summed E-state index contributed by atoms with van der Waals surface area (Å²) in [6.07, 6.45) is 5.17. The Labute approximate surface area is 198 Å². The second-order valence-corrected chi connectivity index (χ2v) is 10.6. The highest BCUT2D eigenvalue weighted by Gasteiger charge is 2.33. The Morgan fingerprint density at radius 2 is 2.06 bits per heavy atom. The zero-order valence-electron chi connectivity index (χ0n) is 19.0. The van der Waals surface area contributed by atoms with Gasteiger partial charge in [0.05, 0.1) is 6.33 Å². The van der Waals surface area contributed by atoms with E-state index in [9.17, 15) is 13.2 Å². The molecule has 2 fully saturated rings. The Morgan fingerprint density at radius 1 is 1.21 bits per heavy atom. The van der Waals surface area contributed by atoms with Gasteiger partial charge in [-0.2, -0.15) is 22.7 Å². The molecule has 1 saturated carbocycles. The van der Waals surface area contributed by atoms with Gasteiger partial charge in [-0.25, -0.2) is 14.5 Å². The van der Waals surface area contributed by atoms with Gasteiger partial charge in [0.1, 0.15) is 0 Å². The number of imidazole rings is 1. The summed E-state index contributed by atoms with van der Waals surface area (Å²) in [5, 5.41) is 13.0. The van der Waals surface area contributed by atoms with E-state index in [1.807, 2.05) is 5.94 Å². The van der Waals surface area contributed by atoms with Crippen LogP contribution >= 0.6 is 0 Å². The highest BCUT2D eigenvalue weighted by molar-refractivity contribution is 7.87. The molecule has 2 aromatic heterocycles.